The van der Waals surface area contributed by atoms with Crippen molar-refractivity contribution in [2.24, 2.45) is 0 Å². The van der Waals surface area contributed by atoms with Gasteiger partial charge in [0.1, 0.15) is 0 Å². The van der Waals surface area contributed by atoms with Gasteiger partial charge in [0.2, 0.25) is 11.8 Å². The van der Waals surface area contributed by atoms with Crippen LogP contribution in [0, 0.1) is 0 Å². The van der Waals surface area contributed by atoms with E-state index in [1.165, 1.54) is 26.0 Å². The van der Waals surface area contributed by atoms with Gasteiger partial charge in [-0.25, -0.2) is 0 Å². The molecule has 1 fully saturated rings. The molecule has 1 aromatic carbocycles. The first-order valence-electron chi connectivity index (χ1n) is 6.90. The Morgan fingerprint density at radius 3 is 2.09 bits per heavy atom. The van der Waals surface area contributed by atoms with Crippen LogP contribution in [0.2, 0.25) is 0 Å². The molecule has 2 amide bonds. The van der Waals surface area contributed by atoms with Crippen molar-refractivity contribution in [1.29, 1.82) is 0 Å². The highest BCUT2D eigenvalue weighted by Gasteiger charge is 2.33. The molecule has 1 aliphatic rings. The van der Waals surface area contributed by atoms with Gasteiger partial charge in [-0.1, -0.05) is 12.1 Å². The first kappa shape index (κ1) is 16.3. The lowest BCUT2D eigenvalue weighted by Gasteiger charge is -2.41. The van der Waals surface area contributed by atoms with E-state index in [-0.39, 0.29) is 11.8 Å². The molecule has 22 heavy (non-hydrogen) atoms. The van der Waals surface area contributed by atoms with Crippen molar-refractivity contribution < 1.29 is 22.8 Å². The molecule has 0 bridgehead atoms. The summed E-state index contributed by atoms with van der Waals surface area (Å²) in [4.78, 5) is 26.4. The van der Waals surface area contributed by atoms with Crippen LogP contribution in [0.25, 0.3) is 0 Å². The van der Waals surface area contributed by atoms with Crippen LogP contribution in [-0.4, -0.2) is 41.2 Å². The van der Waals surface area contributed by atoms with E-state index in [1.807, 2.05) is 0 Å². The lowest BCUT2D eigenvalue weighted by molar-refractivity contribution is -0.140. The number of piperazine rings is 1. The zero-order valence-electron chi connectivity index (χ0n) is 12.4. The second kappa shape index (κ2) is 5.98. The fourth-order valence-corrected chi connectivity index (χ4v) is 2.63. The average molecular weight is 314 g/mol. The number of hydrogen-bond acceptors (Lipinski definition) is 2. The van der Waals surface area contributed by atoms with E-state index in [2.05, 4.69) is 0 Å². The van der Waals surface area contributed by atoms with E-state index < -0.39 is 17.8 Å². The maximum absolute atomic E-state index is 12.6. The van der Waals surface area contributed by atoms with Crippen molar-refractivity contribution in [1.82, 2.24) is 9.80 Å². The van der Waals surface area contributed by atoms with E-state index in [4.69, 9.17) is 0 Å². The van der Waals surface area contributed by atoms with E-state index in [1.54, 1.807) is 9.80 Å². The largest absolute Gasteiger partial charge is 0.416 e. The smallest absolute Gasteiger partial charge is 0.339 e. The number of halogens is 3. The number of carbonyl (C=O) groups is 2. The summed E-state index contributed by atoms with van der Waals surface area (Å²) >= 11 is 0. The molecule has 0 N–H and O–H groups in total. The molecule has 7 heteroatoms. The summed E-state index contributed by atoms with van der Waals surface area (Å²) < 4.78 is 37.9. The SMILES string of the molecule is CC(=O)N1CCN(C(C)=O)[C@H](c2ccc(C(F)(F)F)cc2)C1. The Balaban J connectivity index is 2.28. The Morgan fingerprint density at radius 2 is 1.64 bits per heavy atom. The van der Waals surface area contributed by atoms with E-state index >= 15 is 0 Å². The number of benzene rings is 1. The highest BCUT2D eigenvalue weighted by molar-refractivity contribution is 5.76. The van der Waals surface area contributed by atoms with Crippen LogP contribution in [-0.2, 0) is 15.8 Å². The van der Waals surface area contributed by atoms with Gasteiger partial charge in [-0.05, 0) is 17.7 Å². The minimum Gasteiger partial charge on any atom is -0.339 e. The molecular formula is C15H17F3N2O2. The average Bonchev–Trinajstić information content (AvgIpc) is 2.45. The molecule has 2 rings (SSSR count). The van der Waals surface area contributed by atoms with Gasteiger partial charge in [0.05, 0.1) is 11.6 Å². The van der Waals surface area contributed by atoms with Gasteiger partial charge < -0.3 is 9.80 Å². The molecule has 4 nitrogen and oxygen atoms in total. The highest BCUT2D eigenvalue weighted by atomic mass is 19.4. The maximum atomic E-state index is 12.6. The molecule has 0 aliphatic carbocycles. The Morgan fingerprint density at radius 1 is 1.05 bits per heavy atom. The minimum atomic E-state index is -4.39. The molecule has 0 aromatic heterocycles. The third-order valence-electron chi connectivity index (χ3n) is 3.85. The van der Waals surface area contributed by atoms with Gasteiger partial charge in [-0.15, -0.1) is 0 Å². The van der Waals surface area contributed by atoms with Crippen molar-refractivity contribution in [2.75, 3.05) is 19.6 Å². The Kier molecular flexibility index (Phi) is 4.44. The summed E-state index contributed by atoms with van der Waals surface area (Å²) in [6.07, 6.45) is -4.39. The van der Waals surface area contributed by atoms with Crippen LogP contribution in [0.3, 0.4) is 0 Å². The van der Waals surface area contributed by atoms with Gasteiger partial charge >= 0.3 is 6.18 Å². The first-order valence-corrected chi connectivity index (χ1v) is 6.90. The van der Waals surface area contributed by atoms with Gasteiger partial charge in [0.15, 0.2) is 0 Å². The molecule has 1 atom stereocenters. The van der Waals surface area contributed by atoms with Crippen molar-refractivity contribution >= 4 is 11.8 Å². The minimum absolute atomic E-state index is 0.111. The molecule has 1 saturated heterocycles. The molecule has 0 spiro atoms. The predicted molar refractivity (Wildman–Crippen MR) is 73.8 cm³/mol. The van der Waals surface area contributed by atoms with Crippen molar-refractivity contribution in [2.45, 2.75) is 26.1 Å². The number of hydrogen-bond donors (Lipinski definition) is 0. The molecule has 0 saturated carbocycles. The molecular weight excluding hydrogens is 297 g/mol. The number of amides is 2. The summed E-state index contributed by atoms with van der Waals surface area (Å²) in [6, 6.07) is 4.32. The van der Waals surface area contributed by atoms with E-state index in [0.717, 1.165) is 12.1 Å². The predicted octanol–water partition coefficient (Wildman–Crippen LogP) is 2.46. The van der Waals surface area contributed by atoms with Gasteiger partial charge in [-0.3, -0.25) is 9.59 Å². The third kappa shape index (κ3) is 3.40. The van der Waals surface area contributed by atoms with Gasteiger partial charge in [-0.2, -0.15) is 13.2 Å². The van der Waals surface area contributed by atoms with Crippen molar-refractivity contribution in [3.8, 4) is 0 Å². The van der Waals surface area contributed by atoms with Gasteiger partial charge in [0.25, 0.3) is 0 Å². The highest BCUT2D eigenvalue weighted by Crippen LogP contribution is 2.32. The molecule has 1 aromatic rings. The quantitative estimate of drug-likeness (QED) is 0.799. The lowest BCUT2D eigenvalue weighted by Crippen LogP contribution is -2.51. The number of rotatable bonds is 1. The lowest BCUT2D eigenvalue weighted by atomic mass is 10.0. The topological polar surface area (TPSA) is 40.6 Å². The normalized spacial score (nSPS) is 19.2. The third-order valence-corrected chi connectivity index (χ3v) is 3.85. The summed E-state index contributed by atoms with van der Waals surface area (Å²) in [5.41, 5.74) is -0.140. The monoisotopic (exact) mass is 314 g/mol. The number of carbonyl (C=O) groups excluding carboxylic acids is 2. The Bertz CT molecular complexity index is 569. The standard InChI is InChI=1S/C15H17F3N2O2/c1-10(21)19-7-8-20(11(2)22)14(9-19)12-3-5-13(6-4-12)15(16,17)18/h3-6,14H,7-9H2,1-2H3/t14-/m0/s1. The summed E-state index contributed by atoms with van der Waals surface area (Å²) in [5.74, 6) is -0.270. The Hall–Kier alpha value is -2.05. The van der Waals surface area contributed by atoms with E-state index in [9.17, 15) is 22.8 Å². The summed E-state index contributed by atoms with van der Waals surface area (Å²) in [5, 5.41) is 0. The molecule has 0 radical (unpaired) electrons. The van der Waals surface area contributed by atoms with E-state index in [0.29, 0.717) is 25.2 Å². The molecule has 0 unspecified atom stereocenters. The van der Waals surface area contributed by atoms with Crippen LogP contribution < -0.4 is 0 Å². The Labute approximate surface area is 126 Å². The zero-order valence-corrected chi connectivity index (χ0v) is 12.4. The van der Waals surface area contributed by atoms with Crippen LogP contribution in [0.15, 0.2) is 24.3 Å². The number of alkyl halides is 3. The fourth-order valence-electron chi connectivity index (χ4n) is 2.63. The first-order chi connectivity index (χ1) is 10.2. The molecule has 1 aliphatic heterocycles. The van der Waals surface area contributed by atoms with Crippen LogP contribution >= 0.6 is 0 Å². The second-order valence-electron chi connectivity index (χ2n) is 5.31. The second-order valence-corrected chi connectivity index (χ2v) is 5.31. The summed E-state index contributed by atoms with van der Waals surface area (Å²) in [7, 11) is 0. The van der Waals surface area contributed by atoms with Crippen LogP contribution in [0.1, 0.15) is 31.0 Å². The van der Waals surface area contributed by atoms with Crippen molar-refractivity contribution in [3.05, 3.63) is 35.4 Å². The zero-order chi connectivity index (χ0) is 16.5. The van der Waals surface area contributed by atoms with Crippen LogP contribution in [0.5, 0.6) is 0 Å². The molecule has 120 valence electrons. The molecule has 1 heterocycles. The summed E-state index contributed by atoms with van der Waals surface area (Å²) in [6.45, 7) is 3.96. The van der Waals surface area contributed by atoms with Crippen LogP contribution in [0.4, 0.5) is 13.2 Å². The number of nitrogens with zero attached hydrogens (tertiary/aromatic N) is 2. The fraction of sp³-hybridized carbons (Fsp3) is 0.467. The van der Waals surface area contributed by atoms with Gasteiger partial charge in [0, 0.05) is 33.5 Å². The van der Waals surface area contributed by atoms with Crippen molar-refractivity contribution in [3.63, 3.8) is 0 Å². The maximum Gasteiger partial charge on any atom is 0.416 e.